The molecule has 0 spiro atoms. The molecule has 0 aromatic carbocycles. The number of carbonyl (C=O) groups excluding carboxylic acids is 1. The summed E-state index contributed by atoms with van der Waals surface area (Å²) in [6.45, 7) is 4.19. The van der Waals surface area contributed by atoms with E-state index in [2.05, 4.69) is 12.2 Å². The van der Waals surface area contributed by atoms with Crippen LogP contribution in [0.1, 0.15) is 62.3 Å². The number of carbonyl (C=O) groups is 1. The highest BCUT2D eigenvalue weighted by atomic mass is 32.1. The van der Waals surface area contributed by atoms with Crippen molar-refractivity contribution in [3.63, 3.8) is 0 Å². The summed E-state index contributed by atoms with van der Waals surface area (Å²) < 4.78 is 5.51. The molecule has 0 aliphatic heterocycles. The Morgan fingerprint density at radius 2 is 2.10 bits per heavy atom. The van der Waals surface area contributed by atoms with Gasteiger partial charge in [0.1, 0.15) is 5.76 Å². The molecule has 0 atom stereocenters. The van der Waals surface area contributed by atoms with E-state index in [-0.39, 0.29) is 5.91 Å². The van der Waals surface area contributed by atoms with Gasteiger partial charge in [-0.3, -0.25) is 4.79 Å². The first-order valence-electron chi connectivity index (χ1n) is 7.72. The van der Waals surface area contributed by atoms with Crippen LogP contribution in [0.4, 0.5) is 0 Å². The molecule has 1 amide bonds. The minimum Gasteiger partial charge on any atom is -0.456 e. The summed E-state index contributed by atoms with van der Waals surface area (Å²) in [5, 5.41) is 3.03. The zero-order chi connectivity index (χ0) is 15.5. The van der Waals surface area contributed by atoms with Crippen LogP contribution >= 0.6 is 12.2 Å². The Morgan fingerprint density at radius 3 is 2.57 bits per heavy atom. The predicted octanol–water partition coefficient (Wildman–Crippen LogP) is 3.20. The summed E-state index contributed by atoms with van der Waals surface area (Å²) in [7, 11) is 0. The first kappa shape index (κ1) is 16.0. The molecule has 1 aromatic heterocycles. The smallest absolute Gasteiger partial charge is 0.287 e. The van der Waals surface area contributed by atoms with Crippen LogP contribution in [-0.4, -0.2) is 16.4 Å². The Balaban J connectivity index is 2.09. The van der Waals surface area contributed by atoms with E-state index in [1.165, 1.54) is 6.42 Å². The molecule has 2 rings (SSSR count). The lowest BCUT2D eigenvalue weighted by Gasteiger charge is -2.39. The maximum atomic E-state index is 12.4. The Morgan fingerprint density at radius 1 is 1.43 bits per heavy atom. The molecule has 1 fully saturated rings. The first-order valence-corrected chi connectivity index (χ1v) is 8.12. The Kier molecular flexibility index (Phi) is 5.04. The molecule has 1 heterocycles. The summed E-state index contributed by atoms with van der Waals surface area (Å²) in [4.78, 5) is 12.8. The van der Waals surface area contributed by atoms with Gasteiger partial charge in [-0.15, -0.1) is 0 Å². The van der Waals surface area contributed by atoms with Gasteiger partial charge in [-0.05, 0) is 43.7 Å². The van der Waals surface area contributed by atoms with E-state index in [9.17, 15) is 4.79 Å². The second-order valence-electron chi connectivity index (χ2n) is 5.87. The van der Waals surface area contributed by atoms with Crippen LogP contribution < -0.4 is 11.1 Å². The van der Waals surface area contributed by atoms with Crippen molar-refractivity contribution in [1.29, 1.82) is 0 Å². The Bertz CT molecular complexity index is 516. The molecule has 1 aliphatic carbocycles. The highest BCUT2D eigenvalue weighted by molar-refractivity contribution is 7.80. The van der Waals surface area contributed by atoms with Gasteiger partial charge in [-0.2, -0.15) is 0 Å². The van der Waals surface area contributed by atoms with E-state index >= 15 is 0 Å². The van der Waals surface area contributed by atoms with Gasteiger partial charge in [-0.25, -0.2) is 0 Å². The summed E-state index contributed by atoms with van der Waals surface area (Å²) in [5.41, 5.74) is 5.37. The van der Waals surface area contributed by atoms with Gasteiger partial charge in [0.25, 0.3) is 5.91 Å². The topological polar surface area (TPSA) is 68.3 Å². The van der Waals surface area contributed by atoms with E-state index < -0.39 is 5.54 Å². The van der Waals surface area contributed by atoms with Crippen molar-refractivity contribution in [1.82, 2.24) is 5.32 Å². The maximum Gasteiger partial charge on any atom is 0.287 e. The third-order valence-corrected chi connectivity index (χ3v) is 4.99. The van der Waals surface area contributed by atoms with Crippen molar-refractivity contribution < 1.29 is 9.21 Å². The van der Waals surface area contributed by atoms with Gasteiger partial charge in [0.15, 0.2) is 5.76 Å². The minimum atomic E-state index is -0.558. The van der Waals surface area contributed by atoms with Crippen molar-refractivity contribution in [3.05, 3.63) is 23.7 Å². The zero-order valence-corrected chi connectivity index (χ0v) is 13.6. The largest absolute Gasteiger partial charge is 0.456 e. The summed E-state index contributed by atoms with van der Waals surface area (Å²) in [6, 6.07) is 3.54. The van der Waals surface area contributed by atoms with Gasteiger partial charge in [0, 0.05) is 6.42 Å². The number of rotatable bonds is 5. The molecule has 21 heavy (non-hydrogen) atoms. The average Bonchev–Trinajstić information content (AvgIpc) is 2.97. The van der Waals surface area contributed by atoms with Crippen molar-refractivity contribution in [2.24, 2.45) is 11.7 Å². The average molecular weight is 308 g/mol. The van der Waals surface area contributed by atoms with Crippen molar-refractivity contribution >= 4 is 23.1 Å². The summed E-state index contributed by atoms with van der Waals surface area (Å²) >= 11 is 5.23. The quantitative estimate of drug-likeness (QED) is 0.820. The molecule has 116 valence electrons. The van der Waals surface area contributed by atoms with Gasteiger partial charge in [0.05, 0.1) is 10.5 Å². The lowest BCUT2D eigenvalue weighted by Crippen LogP contribution is -2.58. The molecule has 0 bridgehead atoms. The molecule has 1 aliphatic rings. The van der Waals surface area contributed by atoms with Gasteiger partial charge in [0.2, 0.25) is 0 Å². The fourth-order valence-corrected chi connectivity index (χ4v) is 3.24. The fraction of sp³-hybridized carbons (Fsp3) is 0.625. The van der Waals surface area contributed by atoms with Crippen molar-refractivity contribution in [3.8, 4) is 0 Å². The van der Waals surface area contributed by atoms with E-state index in [0.29, 0.717) is 16.7 Å². The number of aryl methyl sites for hydroxylation is 1. The standard InChI is InChI=1S/C16H24N2O2S/c1-3-11-7-9-16(10-8-11,15(17)21)18-14(19)13-6-5-12(4-2)20-13/h5-6,11H,3-4,7-10H2,1-2H3,(H2,17,21)(H,18,19). The number of amides is 1. The number of furan rings is 1. The van der Waals surface area contributed by atoms with E-state index in [1.807, 2.05) is 13.0 Å². The molecule has 0 unspecified atom stereocenters. The molecular weight excluding hydrogens is 284 g/mol. The second-order valence-corrected chi connectivity index (χ2v) is 6.31. The highest BCUT2D eigenvalue weighted by Crippen LogP contribution is 2.34. The number of thiocarbonyl (C=S) groups is 1. The van der Waals surface area contributed by atoms with Crippen LogP contribution in [0.3, 0.4) is 0 Å². The first-order chi connectivity index (χ1) is 10.0. The van der Waals surface area contributed by atoms with Gasteiger partial charge < -0.3 is 15.5 Å². The molecule has 0 saturated heterocycles. The molecular formula is C16H24N2O2S. The number of hydrogen-bond donors (Lipinski definition) is 2. The zero-order valence-electron chi connectivity index (χ0n) is 12.8. The van der Waals surface area contributed by atoms with E-state index in [4.69, 9.17) is 22.4 Å². The highest BCUT2D eigenvalue weighted by Gasteiger charge is 2.39. The van der Waals surface area contributed by atoms with E-state index in [0.717, 1.165) is 37.9 Å². The van der Waals surface area contributed by atoms with Gasteiger partial charge >= 0.3 is 0 Å². The van der Waals surface area contributed by atoms with Crippen molar-refractivity contribution in [2.45, 2.75) is 57.9 Å². The Hall–Kier alpha value is -1.36. The van der Waals surface area contributed by atoms with E-state index in [1.54, 1.807) is 6.07 Å². The summed E-state index contributed by atoms with van der Waals surface area (Å²) in [6.07, 6.45) is 5.66. The van der Waals surface area contributed by atoms with Crippen molar-refractivity contribution in [2.75, 3.05) is 0 Å². The number of nitrogens with one attached hydrogen (secondary N) is 1. The molecule has 5 heteroatoms. The molecule has 3 N–H and O–H groups in total. The van der Waals surface area contributed by atoms with Gasteiger partial charge in [-0.1, -0.05) is 32.5 Å². The van der Waals surface area contributed by atoms with Crippen LogP contribution in [-0.2, 0) is 6.42 Å². The lowest BCUT2D eigenvalue weighted by atomic mass is 9.75. The van der Waals surface area contributed by atoms with Crippen LogP contribution in [0.25, 0.3) is 0 Å². The third-order valence-electron chi connectivity index (χ3n) is 4.59. The normalized spacial score (nSPS) is 25.5. The minimum absolute atomic E-state index is 0.225. The Labute approximate surface area is 131 Å². The monoisotopic (exact) mass is 308 g/mol. The third kappa shape index (κ3) is 3.46. The SMILES string of the molecule is CCc1ccc(C(=O)NC2(C(N)=S)CCC(CC)CC2)o1. The number of nitrogens with two attached hydrogens (primary N) is 1. The molecule has 0 radical (unpaired) electrons. The molecule has 1 saturated carbocycles. The predicted molar refractivity (Wildman–Crippen MR) is 87.3 cm³/mol. The van der Waals surface area contributed by atoms with Crippen LogP contribution in [0.5, 0.6) is 0 Å². The lowest BCUT2D eigenvalue weighted by molar-refractivity contribution is 0.0868. The maximum absolute atomic E-state index is 12.4. The molecule has 4 nitrogen and oxygen atoms in total. The number of hydrogen-bond acceptors (Lipinski definition) is 3. The summed E-state index contributed by atoms with van der Waals surface area (Å²) in [5.74, 6) is 1.62. The second kappa shape index (κ2) is 6.60. The van der Waals surface area contributed by atoms with Crippen LogP contribution in [0.2, 0.25) is 0 Å². The molecule has 1 aromatic rings. The van der Waals surface area contributed by atoms with Crippen LogP contribution in [0, 0.1) is 5.92 Å². The fourth-order valence-electron chi connectivity index (χ4n) is 2.98. The van der Waals surface area contributed by atoms with Crippen LogP contribution in [0.15, 0.2) is 16.5 Å².